The Morgan fingerprint density at radius 2 is 2.05 bits per heavy atom. The van der Waals surface area contributed by atoms with Crippen molar-refractivity contribution in [3.8, 4) is 6.07 Å². The Kier molecular flexibility index (Phi) is 3.33. The molecule has 3 rings (SSSR count). The van der Waals surface area contributed by atoms with Crippen molar-refractivity contribution in [2.24, 2.45) is 0 Å². The predicted molar refractivity (Wildman–Crippen MR) is 82.0 cm³/mol. The lowest BCUT2D eigenvalue weighted by Gasteiger charge is -2.29. The van der Waals surface area contributed by atoms with Crippen molar-refractivity contribution in [2.75, 3.05) is 17.2 Å². The fourth-order valence-corrected chi connectivity index (χ4v) is 2.70. The fourth-order valence-electron chi connectivity index (χ4n) is 2.70. The minimum atomic E-state index is -0.0710. The third kappa shape index (κ3) is 2.34. The van der Waals surface area contributed by atoms with Gasteiger partial charge in [0.2, 0.25) is 0 Å². The third-order valence-electron chi connectivity index (χ3n) is 3.77. The molecule has 2 aromatic rings. The largest absolute Gasteiger partial charge is 0.398 e. The number of aryl methyl sites for hydroxylation is 1. The summed E-state index contributed by atoms with van der Waals surface area (Å²) >= 11 is 0. The van der Waals surface area contributed by atoms with Crippen LogP contribution in [0.2, 0.25) is 0 Å². The van der Waals surface area contributed by atoms with Crippen LogP contribution in [0.15, 0.2) is 42.5 Å². The van der Waals surface area contributed by atoms with Gasteiger partial charge >= 0.3 is 0 Å². The smallest absolute Gasteiger partial charge is 0.258 e. The molecule has 104 valence electrons. The second-order valence-corrected chi connectivity index (χ2v) is 5.10. The number of fused-ring (bicyclic) bond motifs is 1. The standard InChI is InChI=1S/C17H15N3O/c18-11-14-8-7-13(10-15(14)19)17(21)20-9-3-5-12-4-1-2-6-16(12)20/h1-2,4,6-8,10H,3,5,9,19H2. The Hall–Kier alpha value is -2.80. The maximum Gasteiger partial charge on any atom is 0.258 e. The average molecular weight is 277 g/mol. The first-order valence-corrected chi connectivity index (χ1v) is 6.90. The summed E-state index contributed by atoms with van der Waals surface area (Å²) in [6.07, 6.45) is 1.95. The van der Waals surface area contributed by atoms with Gasteiger partial charge in [0.1, 0.15) is 6.07 Å². The van der Waals surface area contributed by atoms with E-state index in [1.54, 1.807) is 23.1 Å². The molecule has 0 aliphatic carbocycles. The molecule has 1 heterocycles. The number of para-hydroxylation sites is 1. The van der Waals surface area contributed by atoms with Gasteiger partial charge < -0.3 is 10.6 Å². The quantitative estimate of drug-likeness (QED) is 0.815. The van der Waals surface area contributed by atoms with Gasteiger partial charge in [0.15, 0.2) is 0 Å². The van der Waals surface area contributed by atoms with Gasteiger partial charge in [-0.25, -0.2) is 0 Å². The van der Waals surface area contributed by atoms with Crippen LogP contribution in [-0.4, -0.2) is 12.5 Å². The lowest BCUT2D eigenvalue weighted by Crippen LogP contribution is -2.35. The number of amides is 1. The molecule has 1 amide bonds. The normalized spacial score (nSPS) is 13.4. The Bertz CT molecular complexity index is 746. The van der Waals surface area contributed by atoms with Gasteiger partial charge in [-0.15, -0.1) is 0 Å². The van der Waals surface area contributed by atoms with Crippen molar-refractivity contribution in [3.05, 3.63) is 59.2 Å². The summed E-state index contributed by atoms with van der Waals surface area (Å²) in [7, 11) is 0. The number of nitrogens with two attached hydrogens (primary N) is 1. The second kappa shape index (κ2) is 5.29. The summed E-state index contributed by atoms with van der Waals surface area (Å²) in [6, 6.07) is 14.8. The van der Waals surface area contributed by atoms with Crippen molar-refractivity contribution < 1.29 is 4.79 Å². The molecule has 4 heteroatoms. The second-order valence-electron chi connectivity index (χ2n) is 5.10. The highest BCUT2D eigenvalue weighted by Crippen LogP contribution is 2.28. The fraction of sp³-hybridized carbons (Fsp3) is 0.176. The van der Waals surface area contributed by atoms with E-state index in [0.717, 1.165) is 18.5 Å². The number of hydrogen-bond acceptors (Lipinski definition) is 3. The summed E-state index contributed by atoms with van der Waals surface area (Å²) in [5.74, 6) is -0.0710. The van der Waals surface area contributed by atoms with Crippen LogP contribution in [0.5, 0.6) is 0 Å². The first-order valence-electron chi connectivity index (χ1n) is 6.90. The molecule has 2 aromatic carbocycles. The summed E-state index contributed by atoms with van der Waals surface area (Å²) in [5.41, 5.74) is 9.22. The molecule has 1 aliphatic rings. The van der Waals surface area contributed by atoms with Gasteiger partial charge in [0.05, 0.1) is 11.3 Å². The van der Waals surface area contributed by atoms with Crippen LogP contribution < -0.4 is 10.6 Å². The molecule has 21 heavy (non-hydrogen) atoms. The van der Waals surface area contributed by atoms with E-state index in [1.807, 2.05) is 24.3 Å². The molecule has 0 bridgehead atoms. The molecule has 0 radical (unpaired) electrons. The highest BCUT2D eigenvalue weighted by atomic mass is 16.2. The molecule has 0 fully saturated rings. The zero-order chi connectivity index (χ0) is 14.8. The minimum absolute atomic E-state index is 0.0710. The Balaban J connectivity index is 1.97. The van der Waals surface area contributed by atoms with E-state index in [2.05, 4.69) is 6.07 Å². The van der Waals surface area contributed by atoms with Gasteiger partial charge in [0, 0.05) is 17.8 Å². The number of carbonyl (C=O) groups is 1. The van der Waals surface area contributed by atoms with E-state index in [-0.39, 0.29) is 5.91 Å². The minimum Gasteiger partial charge on any atom is -0.398 e. The number of nitriles is 1. The van der Waals surface area contributed by atoms with Crippen LogP contribution in [0.4, 0.5) is 11.4 Å². The van der Waals surface area contributed by atoms with Crippen molar-refractivity contribution in [2.45, 2.75) is 12.8 Å². The highest BCUT2D eigenvalue weighted by Gasteiger charge is 2.23. The number of nitrogen functional groups attached to an aromatic ring is 1. The molecule has 0 atom stereocenters. The van der Waals surface area contributed by atoms with Crippen LogP contribution >= 0.6 is 0 Å². The Morgan fingerprint density at radius 3 is 2.81 bits per heavy atom. The van der Waals surface area contributed by atoms with Gasteiger partial charge in [0.25, 0.3) is 5.91 Å². The molecule has 0 saturated heterocycles. The summed E-state index contributed by atoms with van der Waals surface area (Å²) < 4.78 is 0. The van der Waals surface area contributed by atoms with Crippen LogP contribution in [0, 0.1) is 11.3 Å². The molecular formula is C17H15N3O. The van der Waals surface area contributed by atoms with Gasteiger partial charge in [-0.05, 0) is 42.7 Å². The summed E-state index contributed by atoms with van der Waals surface area (Å²) in [4.78, 5) is 14.5. The molecule has 0 aromatic heterocycles. The van der Waals surface area contributed by atoms with Crippen LogP contribution in [-0.2, 0) is 6.42 Å². The van der Waals surface area contributed by atoms with E-state index in [0.29, 0.717) is 23.4 Å². The molecule has 4 nitrogen and oxygen atoms in total. The molecule has 1 aliphatic heterocycles. The number of hydrogen-bond donors (Lipinski definition) is 1. The maximum absolute atomic E-state index is 12.7. The van der Waals surface area contributed by atoms with Crippen molar-refractivity contribution >= 4 is 17.3 Å². The third-order valence-corrected chi connectivity index (χ3v) is 3.77. The Morgan fingerprint density at radius 1 is 1.24 bits per heavy atom. The topological polar surface area (TPSA) is 70.1 Å². The Labute approximate surface area is 123 Å². The molecule has 0 spiro atoms. The van der Waals surface area contributed by atoms with E-state index in [4.69, 9.17) is 11.0 Å². The van der Waals surface area contributed by atoms with E-state index < -0.39 is 0 Å². The SMILES string of the molecule is N#Cc1ccc(C(=O)N2CCCc3ccccc32)cc1N. The lowest BCUT2D eigenvalue weighted by atomic mass is 10.0. The van der Waals surface area contributed by atoms with E-state index in [9.17, 15) is 4.79 Å². The zero-order valence-corrected chi connectivity index (χ0v) is 11.5. The maximum atomic E-state index is 12.7. The van der Waals surface area contributed by atoms with Crippen molar-refractivity contribution in [1.29, 1.82) is 5.26 Å². The molecule has 2 N–H and O–H groups in total. The lowest BCUT2D eigenvalue weighted by molar-refractivity contribution is 0.0985. The predicted octanol–water partition coefficient (Wildman–Crippen LogP) is 2.73. The average Bonchev–Trinajstić information content (AvgIpc) is 2.53. The first kappa shape index (κ1) is 13.2. The first-order chi connectivity index (χ1) is 10.2. The number of anilines is 2. The summed E-state index contributed by atoms with van der Waals surface area (Å²) in [5, 5.41) is 8.90. The van der Waals surface area contributed by atoms with Gasteiger partial charge in [-0.3, -0.25) is 4.79 Å². The monoisotopic (exact) mass is 277 g/mol. The van der Waals surface area contributed by atoms with Crippen LogP contribution in [0.25, 0.3) is 0 Å². The van der Waals surface area contributed by atoms with Crippen LogP contribution in [0.1, 0.15) is 27.9 Å². The molecule has 0 unspecified atom stereocenters. The van der Waals surface area contributed by atoms with E-state index >= 15 is 0 Å². The zero-order valence-electron chi connectivity index (χ0n) is 11.5. The number of rotatable bonds is 1. The number of nitrogens with zero attached hydrogens (tertiary/aromatic N) is 2. The van der Waals surface area contributed by atoms with Crippen LogP contribution in [0.3, 0.4) is 0 Å². The number of carbonyl (C=O) groups excluding carboxylic acids is 1. The molecule has 0 saturated carbocycles. The summed E-state index contributed by atoms with van der Waals surface area (Å²) in [6.45, 7) is 0.704. The molecular weight excluding hydrogens is 262 g/mol. The highest BCUT2D eigenvalue weighted by molar-refractivity contribution is 6.07. The number of benzene rings is 2. The van der Waals surface area contributed by atoms with Crippen molar-refractivity contribution in [1.82, 2.24) is 0 Å². The van der Waals surface area contributed by atoms with Crippen molar-refractivity contribution in [3.63, 3.8) is 0 Å². The van der Waals surface area contributed by atoms with E-state index in [1.165, 1.54) is 5.56 Å². The van der Waals surface area contributed by atoms with Gasteiger partial charge in [-0.1, -0.05) is 18.2 Å². The van der Waals surface area contributed by atoms with Gasteiger partial charge in [-0.2, -0.15) is 5.26 Å².